The molecular weight excluding hydrogens is 548 g/mol. The van der Waals surface area contributed by atoms with E-state index in [1.54, 1.807) is 49.4 Å². The lowest BCUT2D eigenvalue weighted by molar-refractivity contribution is -0.118. The summed E-state index contributed by atoms with van der Waals surface area (Å²) in [7, 11) is -3.59. The van der Waals surface area contributed by atoms with Crippen LogP contribution in [0, 0.1) is 6.92 Å². The molecule has 212 valence electrons. The molecule has 0 bridgehead atoms. The van der Waals surface area contributed by atoms with E-state index in [0.717, 1.165) is 11.1 Å². The topological polar surface area (TPSA) is 163 Å². The molecule has 3 N–H and O–H groups in total. The van der Waals surface area contributed by atoms with Gasteiger partial charge in [-0.2, -0.15) is 0 Å². The maximum atomic E-state index is 13.4. The number of anilines is 1. The van der Waals surface area contributed by atoms with Crippen LogP contribution in [0.25, 0.3) is 11.0 Å². The summed E-state index contributed by atoms with van der Waals surface area (Å²) in [6, 6.07) is 11.8. The van der Waals surface area contributed by atoms with Crippen LogP contribution >= 0.6 is 0 Å². The number of nitrogens with one attached hydrogen (secondary N) is 3. The summed E-state index contributed by atoms with van der Waals surface area (Å²) in [4.78, 5) is 50.9. The zero-order valence-electron chi connectivity index (χ0n) is 22.4. The van der Waals surface area contributed by atoms with E-state index in [1.165, 1.54) is 17.4 Å². The number of nitrogens with zero attached hydrogens (tertiary/aromatic N) is 3. The van der Waals surface area contributed by atoms with Crippen molar-refractivity contribution in [2.24, 2.45) is 0 Å². The molecule has 13 heteroatoms. The first-order valence-electron chi connectivity index (χ1n) is 12.9. The molecule has 4 aromatic rings. The number of hydrogen-bond donors (Lipinski definition) is 3. The standard InChI is InChI=1S/C28H28N6O6S/c1-3-34(10-11-41(38,39)19-7-4-17(2)5-8-19)28(37)20-14-29-25-24(20)31-16-32-26(25)27(36)30-13-18-6-9-22-21(12-18)33-23(35)15-40-22/h4-9,12,14,16,29H,3,10-11,13,15H2,1-2H3,(H,30,36)(H,33,35). The SMILES string of the molecule is CCN(CCS(=O)(=O)c1ccc(C)cc1)C(=O)c1c[nH]c2c(C(=O)NCc3ccc4c(c3)NC(=O)CO4)ncnc12. The Labute approximate surface area is 236 Å². The third kappa shape index (κ3) is 5.89. The minimum atomic E-state index is -3.59. The molecule has 0 spiro atoms. The Hall–Kier alpha value is -4.78. The summed E-state index contributed by atoms with van der Waals surface area (Å²) in [5.74, 6) is -0.851. The maximum Gasteiger partial charge on any atom is 0.272 e. The number of sulfone groups is 1. The van der Waals surface area contributed by atoms with Gasteiger partial charge in [0.2, 0.25) is 0 Å². The van der Waals surface area contributed by atoms with Gasteiger partial charge in [0.15, 0.2) is 22.1 Å². The fourth-order valence-electron chi connectivity index (χ4n) is 4.45. The second kappa shape index (κ2) is 11.4. The Bertz CT molecular complexity index is 1750. The molecule has 2 aromatic carbocycles. The number of aromatic nitrogens is 3. The summed E-state index contributed by atoms with van der Waals surface area (Å²) in [5, 5.41) is 5.52. The molecule has 0 atom stereocenters. The molecule has 1 aliphatic rings. The Balaban J connectivity index is 1.29. The van der Waals surface area contributed by atoms with Crippen molar-refractivity contribution in [1.82, 2.24) is 25.2 Å². The van der Waals surface area contributed by atoms with Crippen molar-refractivity contribution in [3.05, 3.63) is 77.4 Å². The zero-order chi connectivity index (χ0) is 29.1. The Morgan fingerprint density at radius 1 is 1.12 bits per heavy atom. The van der Waals surface area contributed by atoms with E-state index in [-0.39, 0.29) is 65.1 Å². The Morgan fingerprint density at radius 2 is 1.90 bits per heavy atom. The molecule has 0 radical (unpaired) electrons. The largest absolute Gasteiger partial charge is 0.482 e. The van der Waals surface area contributed by atoms with E-state index in [0.29, 0.717) is 11.4 Å². The molecule has 3 amide bonds. The molecule has 2 aromatic heterocycles. The highest BCUT2D eigenvalue weighted by Gasteiger charge is 2.25. The van der Waals surface area contributed by atoms with Crippen LogP contribution in [0.1, 0.15) is 38.9 Å². The van der Waals surface area contributed by atoms with E-state index < -0.39 is 21.7 Å². The van der Waals surface area contributed by atoms with Crippen LogP contribution in [0.2, 0.25) is 0 Å². The normalized spacial score (nSPS) is 12.8. The number of carbonyl (C=O) groups excluding carboxylic acids is 3. The second-order valence-corrected chi connectivity index (χ2v) is 11.6. The minimum absolute atomic E-state index is 0.0110. The van der Waals surface area contributed by atoms with Crippen molar-refractivity contribution >= 4 is 44.3 Å². The summed E-state index contributed by atoms with van der Waals surface area (Å²) >= 11 is 0. The molecule has 5 rings (SSSR count). The highest BCUT2D eigenvalue weighted by molar-refractivity contribution is 7.91. The molecule has 0 saturated heterocycles. The number of benzene rings is 2. The van der Waals surface area contributed by atoms with E-state index in [9.17, 15) is 22.8 Å². The molecule has 0 unspecified atom stereocenters. The van der Waals surface area contributed by atoms with Gasteiger partial charge in [0, 0.05) is 25.8 Å². The van der Waals surface area contributed by atoms with Gasteiger partial charge in [0.05, 0.1) is 27.4 Å². The predicted octanol–water partition coefficient (Wildman–Crippen LogP) is 2.46. The first-order valence-corrected chi connectivity index (χ1v) is 14.6. The van der Waals surface area contributed by atoms with Crippen LogP contribution in [-0.4, -0.2) is 71.4 Å². The van der Waals surface area contributed by atoms with Gasteiger partial charge in [-0.05, 0) is 43.7 Å². The van der Waals surface area contributed by atoms with Crippen LogP contribution in [0.3, 0.4) is 0 Å². The van der Waals surface area contributed by atoms with Crippen molar-refractivity contribution in [2.75, 3.05) is 30.8 Å². The zero-order valence-corrected chi connectivity index (χ0v) is 23.2. The number of fused-ring (bicyclic) bond motifs is 2. The van der Waals surface area contributed by atoms with Crippen LogP contribution < -0.4 is 15.4 Å². The Morgan fingerprint density at radius 3 is 2.66 bits per heavy atom. The number of amides is 3. The summed E-state index contributed by atoms with van der Waals surface area (Å²) in [5.41, 5.74) is 3.00. The van der Waals surface area contributed by atoms with Crippen molar-refractivity contribution in [2.45, 2.75) is 25.3 Å². The van der Waals surface area contributed by atoms with Crippen LogP contribution in [0.4, 0.5) is 5.69 Å². The minimum Gasteiger partial charge on any atom is -0.482 e. The highest BCUT2D eigenvalue weighted by Crippen LogP contribution is 2.28. The van der Waals surface area contributed by atoms with Crippen LogP contribution in [-0.2, 0) is 21.2 Å². The first kappa shape index (κ1) is 27.8. The fourth-order valence-corrected chi connectivity index (χ4v) is 5.70. The lowest BCUT2D eigenvalue weighted by atomic mass is 10.1. The molecular formula is C28H28N6O6S. The van der Waals surface area contributed by atoms with E-state index in [4.69, 9.17) is 4.74 Å². The quantitative estimate of drug-likeness (QED) is 0.274. The second-order valence-electron chi connectivity index (χ2n) is 9.52. The molecule has 0 saturated carbocycles. The monoisotopic (exact) mass is 576 g/mol. The third-order valence-electron chi connectivity index (χ3n) is 6.72. The van der Waals surface area contributed by atoms with E-state index in [2.05, 4.69) is 25.6 Å². The Kier molecular flexibility index (Phi) is 7.70. The molecule has 0 aliphatic carbocycles. The molecule has 0 fully saturated rings. The third-order valence-corrected chi connectivity index (χ3v) is 8.43. The fraction of sp³-hybridized carbons (Fsp3) is 0.250. The summed E-state index contributed by atoms with van der Waals surface area (Å²) in [6.07, 6.45) is 2.65. The number of ether oxygens (including phenoxy) is 1. The van der Waals surface area contributed by atoms with Crippen LogP contribution in [0.5, 0.6) is 5.75 Å². The smallest absolute Gasteiger partial charge is 0.272 e. The average Bonchev–Trinajstić information content (AvgIpc) is 3.40. The number of carbonyl (C=O) groups is 3. The predicted molar refractivity (Wildman–Crippen MR) is 150 cm³/mol. The summed E-state index contributed by atoms with van der Waals surface area (Å²) < 4.78 is 31.0. The van der Waals surface area contributed by atoms with Gasteiger partial charge in [0.25, 0.3) is 17.7 Å². The van der Waals surface area contributed by atoms with Gasteiger partial charge in [0.1, 0.15) is 17.6 Å². The van der Waals surface area contributed by atoms with Gasteiger partial charge in [-0.25, -0.2) is 18.4 Å². The number of aryl methyl sites for hydroxylation is 1. The summed E-state index contributed by atoms with van der Waals surface area (Å²) in [6.45, 7) is 4.01. The highest BCUT2D eigenvalue weighted by atomic mass is 32.2. The van der Waals surface area contributed by atoms with E-state index >= 15 is 0 Å². The lowest BCUT2D eigenvalue weighted by Crippen LogP contribution is -2.35. The molecule has 1 aliphatic heterocycles. The average molecular weight is 577 g/mol. The van der Waals surface area contributed by atoms with Crippen molar-refractivity contribution in [3.63, 3.8) is 0 Å². The first-order chi connectivity index (χ1) is 19.7. The van der Waals surface area contributed by atoms with Crippen LogP contribution in [0.15, 0.2) is 59.9 Å². The van der Waals surface area contributed by atoms with Crippen molar-refractivity contribution in [1.29, 1.82) is 0 Å². The van der Waals surface area contributed by atoms with Gasteiger partial charge < -0.3 is 25.3 Å². The number of rotatable bonds is 9. The number of H-pyrrole nitrogens is 1. The molecule has 41 heavy (non-hydrogen) atoms. The van der Waals surface area contributed by atoms with Crippen molar-refractivity contribution < 1.29 is 27.5 Å². The lowest BCUT2D eigenvalue weighted by Gasteiger charge is -2.20. The number of hydrogen-bond acceptors (Lipinski definition) is 8. The van der Waals surface area contributed by atoms with Gasteiger partial charge >= 0.3 is 0 Å². The van der Waals surface area contributed by atoms with Crippen molar-refractivity contribution in [3.8, 4) is 5.75 Å². The number of aromatic amines is 1. The molecule has 3 heterocycles. The van der Waals surface area contributed by atoms with Gasteiger partial charge in [-0.1, -0.05) is 23.8 Å². The van der Waals surface area contributed by atoms with Gasteiger partial charge in [-0.15, -0.1) is 0 Å². The van der Waals surface area contributed by atoms with Gasteiger partial charge in [-0.3, -0.25) is 14.4 Å². The maximum absolute atomic E-state index is 13.4. The van der Waals surface area contributed by atoms with E-state index in [1.807, 2.05) is 6.92 Å². The molecule has 12 nitrogen and oxygen atoms in total.